The summed E-state index contributed by atoms with van der Waals surface area (Å²) in [7, 11) is 0. The van der Waals surface area contributed by atoms with Crippen molar-refractivity contribution in [3.05, 3.63) is 66.6 Å². The van der Waals surface area contributed by atoms with Crippen LogP contribution in [0, 0.1) is 0 Å². The number of hydrogen-bond acceptors (Lipinski definition) is 2. The lowest BCUT2D eigenvalue weighted by atomic mass is 10.1. The Balaban J connectivity index is 2.85. The number of nitrogens with one attached hydrogen (secondary N) is 1. The summed E-state index contributed by atoms with van der Waals surface area (Å²) in [4.78, 5) is 14.3. The predicted molar refractivity (Wildman–Crippen MR) is 82.4 cm³/mol. The van der Waals surface area contributed by atoms with E-state index in [2.05, 4.69) is 21.2 Å². The molecule has 1 aromatic rings. The van der Waals surface area contributed by atoms with Gasteiger partial charge in [-0.05, 0) is 18.6 Å². The van der Waals surface area contributed by atoms with Crippen molar-refractivity contribution >= 4 is 34.5 Å². The Hall–Kier alpha value is -1.56. The fourth-order valence-electron chi connectivity index (χ4n) is 1.36. The van der Waals surface area contributed by atoms with E-state index in [1.807, 2.05) is 25.2 Å². The molecule has 0 unspecified atom stereocenters. The molecule has 0 fully saturated rings. The molecule has 0 aromatic carbocycles. The second-order valence-electron chi connectivity index (χ2n) is 3.68. The van der Waals surface area contributed by atoms with Gasteiger partial charge in [0.15, 0.2) is 23.0 Å². The Morgan fingerprint density at radius 1 is 1.56 bits per heavy atom. The number of halogens is 1. The van der Waals surface area contributed by atoms with Crippen LogP contribution in [0.15, 0.2) is 55.3 Å². The molecule has 3 nitrogen and oxygen atoms in total. The Morgan fingerprint density at radius 2 is 2.28 bits per heavy atom. The molecule has 1 rings (SSSR count). The van der Waals surface area contributed by atoms with Crippen LogP contribution in [0.4, 0.5) is 0 Å². The molecule has 0 aliphatic heterocycles. The molecule has 0 bridgehead atoms. The van der Waals surface area contributed by atoms with E-state index >= 15 is 0 Å². The molecular formula is C14H14INO2. The molecule has 1 aromatic heterocycles. The predicted octanol–water partition coefficient (Wildman–Crippen LogP) is 4.22. The summed E-state index contributed by atoms with van der Waals surface area (Å²) in [5.74, 6) is -0.377. The first-order valence-corrected chi connectivity index (χ1v) is 6.14. The van der Waals surface area contributed by atoms with Gasteiger partial charge >= 0.3 is 5.97 Å². The van der Waals surface area contributed by atoms with Crippen LogP contribution in [-0.2, 0) is 3.07 Å². The number of carbonyl (C=O) groups is 1. The van der Waals surface area contributed by atoms with Crippen LogP contribution >= 0.6 is 23.0 Å². The van der Waals surface area contributed by atoms with Crippen molar-refractivity contribution in [3.8, 4) is 0 Å². The highest BCUT2D eigenvalue weighted by Crippen LogP contribution is 2.17. The van der Waals surface area contributed by atoms with Gasteiger partial charge in [0.2, 0.25) is 0 Å². The van der Waals surface area contributed by atoms with Crippen molar-refractivity contribution in [3.63, 3.8) is 0 Å². The average molecular weight is 355 g/mol. The summed E-state index contributed by atoms with van der Waals surface area (Å²) in [6, 6.07) is 1.71. The maximum atomic E-state index is 11.3. The van der Waals surface area contributed by atoms with Crippen molar-refractivity contribution in [1.29, 1.82) is 0 Å². The summed E-state index contributed by atoms with van der Waals surface area (Å²) in [5, 5.41) is 0. The lowest BCUT2D eigenvalue weighted by molar-refractivity contribution is 0.0800. The molecule has 1 heterocycles. The zero-order valence-corrected chi connectivity index (χ0v) is 12.2. The number of hydrogen-bond donors (Lipinski definition) is 1. The third kappa shape index (κ3) is 4.03. The normalized spacial score (nSPS) is 11.6. The van der Waals surface area contributed by atoms with Crippen LogP contribution in [-0.4, -0.2) is 11.0 Å². The first-order chi connectivity index (χ1) is 8.58. The number of allylic oxidation sites excluding steroid dienone is 6. The Kier molecular flexibility index (Phi) is 5.64. The number of rotatable bonds is 5. The largest absolute Gasteiger partial charge is 0.391 e. The van der Waals surface area contributed by atoms with Crippen LogP contribution in [0.2, 0.25) is 0 Å². The van der Waals surface area contributed by atoms with Gasteiger partial charge in [0.25, 0.3) is 0 Å². The van der Waals surface area contributed by atoms with E-state index < -0.39 is 0 Å². The third-order valence-corrected chi connectivity index (χ3v) is 2.63. The molecule has 0 saturated heterocycles. The SMILES string of the molecule is C=C/C=C\C(C)=C/C(=C)c1cc(C(=O)OI)c[nH]1. The monoisotopic (exact) mass is 355 g/mol. The first kappa shape index (κ1) is 14.5. The van der Waals surface area contributed by atoms with E-state index in [9.17, 15) is 4.79 Å². The minimum absolute atomic E-state index is 0.377. The van der Waals surface area contributed by atoms with E-state index in [0.29, 0.717) is 5.56 Å². The minimum atomic E-state index is -0.377. The molecule has 0 amide bonds. The van der Waals surface area contributed by atoms with Gasteiger partial charge in [-0.3, -0.25) is 0 Å². The molecule has 0 aliphatic carbocycles. The van der Waals surface area contributed by atoms with Crippen LogP contribution in [0.3, 0.4) is 0 Å². The lowest BCUT2D eigenvalue weighted by Crippen LogP contribution is -1.93. The Morgan fingerprint density at radius 3 is 2.89 bits per heavy atom. The zero-order chi connectivity index (χ0) is 13.5. The highest BCUT2D eigenvalue weighted by atomic mass is 127. The molecule has 1 N–H and O–H groups in total. The van der Waals surface area contributed by atoms with Gasteiger partial charge in [0.1, 0.15) is 0 Å². The van der Waals surface area contributed by atoms with E-state index in [-0.39, 0.29) is 5.97 Å². The highest BCUT2D eigenvalue weighted by molar-refractivity contribution is 14.1. The highest BCUT2D eigenvalue weighted by Gasteiger charge is 2.09. The summed E-state index contributed by atoms with van der Waals surface area (Å²) in [6.07, 6.45) is 9.02. The van der Waals surface area contributed by atoms with E-state index in [1.165, 1.54) is 0 Å². The van der Waals surface area contributed by atoms with Crippen molar-refractivity contribution in [2.24, 2.45) is 0 Å². The van der Waals surface area contributed by atoms with Crippen molar-refractivity contribution < 1.29 is 7.86 Å². The summed E-state index contributed by atoms with van der Waals surface area (Å²) >= 11 is 1.56. The maximum Gasteiger partial charge on any atom is 0.349 e. The lowest BCUT2D eigenvalue weighted by Gasteiger charge is -1.97. The topological polar surface area (TPSA) is 42.1 Å². The second kappa shape index (κ2) is 7.00. The molecule has 0 spiro atoms. The molecule has 94 valence electrons. The third-order valence-electron chi connectivity index (χ3n) is 2.23. The van der Waals surface area contributed by atoms with Crippen LogP contribution in [0.1, 0.15) is 23.0 Å². The van der Waals surface area contributed by atoms with Gasteiger partial charge in [-0.2, -0.15) is 0 Å². The summed E-state index contributed by atoms with van der Waals surface area (Å²) < 4.78 is 4.61. The summed E-state index contributed by atoms with van der Waals surface area (Å²) in [6.45, 7) is 9.52. The summed E-state index contributed by atoms with van der Waals surface area (Å²) in [5.41, 5.74) is 3.12. The zero-order valence-electron chi connectivity index (χ0n) is 10.1. The van der Waals surface area contributed by atoms with Crippen molar-refractivity contribution in [2.45, 2.75) is 6.92 Å². The molecule has 0 aliphatic rings. The fourth-order valence-corrected chi connectivity index (χ4v) is 1.62. The maximum absolute atomic E-state index is 11.3. The molecule has 4 heteroatoms. The number of H-pyrrole nitrogens is 1. The fraction of sp³-hybridized carbons (Fsp3) is 0.0714. The molecule has 18 heavy (non-hydrogen) atoms. The van der Waals surface area contributed by atoms with Gasteiger partial charge in [0, 0.05) is 11.9 Å². The van der Waals surface area contributed by atoms with Gasteiger partial charge in [0.05, 0.1) is 5.56 Å². The first-order valence-electron chi connectivity index (χ1n) is 5.26. The number of carbonyl (C=O) groups excluding carboxylic acids is 1. The smallest absolute Gasteiger partial charge is 0.349 e. The average Bonchev–Trinajstić information content (AvgIpc) is 2.85. The molecule has 0 atom stereocenters. The minimum Gasteiger partial charge on any atom is -0.391 e. The van der Waals surface area contributed by atoms with Gasteiger partial charge in [-0.25, -0.2) is 4.79 Å². The van der Waals surface area contributed by atoms with Crippen LogP contribution < -0.4 is 0 Å². The second-order valence-corrected chi connectivity index (χ2v) is 4.12. The van der Waals surface area contributed by atoms with Gasteiger partial charge in [-0.15, -0.1) is 0 Å². The molecular weight excluding hydrogens is 341 g/mol. The van der Waals surface area contributed by atoms with Crippen LogP contribution in [0.25, 0.3) is 5.57 Å². The Bertz CT molecular complexity index is 524. The van der Waals surface area contributed by atoms with Crippen molar-refractivity contribution in [1.82, 2.24) is 4.98 Å². The van der Waals surface area contributed by atoms with Crippen LogP contribution in [0.5, 0.6) is 0 Å². The van der Waals surface area contributed by atoms with Gasteiger partial charge < -0.3 is 8.05 Å². The number of aromatic nitrogens is 1. The standard InChI is InChI=1S/C14H14INO2/c1-4-5-6-10(2)7-11(3)13-8-12(9-16-13)14(17)18-15/h4-9,16H,1,3H2,2H3/b6-5-,10-7-. The van der Waals surface area contributed by atoms with E-state index in [0.717, 1.165) is 16.8 Å². The van der Waals surface area contributed by atoms with Crippen molar-refractivity contribution in [2.75, 3.05) is 0 Å². The van der Waals surface area contributed by atoms with Gasteiger partial charge in [-0.1, -0.05) is 43.0 Å². The number of aromatic amines is 1. The van der Waals surface area contributed by atoms with E-state index in [4.69, 9.17) is 0 Å². The molecule has 0 saturated carbocycles. The van der Waals surface area contributed by atoms with E-state index in [1.54, 1.807) is 41.3 Å². The molecule has 0 radical (unpaired) electrons. The Labute approximate surface area is 121 Å². The quantitative estimate of drug-likeness (QED) is 0.635.